The summed E-state index contributed by atoms with van der Waals surface area (Å²) in [6, 6.07) is 0. The third-order valence-corrected chi connectivity index (χ3v) is 5.38. The molecule has 0 unspecified atom stereocenters. The van der Waals surface area contributed by atoms with Gasteiger partial charge in [-0.1, -0.05) is 6.92 Å². The van der Waals surface area contributed by atoms with E-state index in [4.69, 9.17) is 0 Å². The van der Waals surface area contributed by atoms with Crippen LogP contribution in [0.15, 0.2) is 5.38 Å². The lowest BCUT2D eigenvalue weighted by atomic mass is 10.3. The lowest BCUT2D eigenvalue weighted by Crippen LogP contribution is -2.43. The molecule has 0 saturated carbocycles. The number of amides is 1. The second-order valence-corrected chi connectivity index (χ2v) is 7.57. The third-order valence-electron chi connectivity index (χ3n) is 2.87. The van der Waals surface area contributed by atoms with E-state index in [9.17, 15) is 13.2 Å². The van der Waals surface area contributed by atoms with E-state index in [1.807, 2.05) is 0 Å². The van der Waals surface area contributed by atoms with E-state index in [2.05, 4.69) is 11.9 Å². The van der Waals surface area contributed by atoms with Crippen LogP contribution in [0, 0.1) is 0 Å². The minimum atomic E-state index is -2.95. The second-order valence-electron chi connectivity index (χ2n) is 4.32. The van der Waals surface area contributed by atoms with E-state index in [-0.39, 0.29) is 30.5 Å². The van der Waals surface area contributed by atoms with Crippen molar-refractivity contribution in [2.75, 3.05) is 24.6 Å². The van der Waals surface area contributed by atoms with Crippen molar-refractivity contribution < 1.29 is 13.2 Å². The normalized spacial score (nSPS) is 18.8. The van der Waals surface area contributed by atoms with Gasteiger partial charge in [0.1, 0.15) is 5.69 Å². The Kier molecular flexibility index (Phi) is 4.01. The monoisotopic (exact) mass is 288 g/mol. The molecule has 1 aromatic heterocycles. The molecular weight excluding hydrogens is 272 g/mol. The maximum Gasteiger partial charge on any atom is 0.273 e. The molecule has 100 valence electrons. The zero-order valence-corrected chi connectivity index (χ0v) is 11.9. The molecule has 18 heavy (non-hydrogen) atoms. The topological polar surface area (TPSA) is 67.3 Å². The number of aromatic nitrogens is 1. The van der Waals surface area contributed by atoms with Crippen LogP contribution < -0.4 is 0 Å². The first-order valence-corrected chi connectivity index (χ1v) is 8.66. The number of sulfone groups is 1. The lowest BCUT2D eigenvalue weighted by molar-refractivity contribution is 0.0765. The fraction of sp³-hybridized carbons (Fsp3) is 0.636. The third kappa shape index (κ3) is 3.08. The standard InChI is InChI=1S/C11H16N2O3S2/c1-2-3-10-12-9(8-17-10)11(14)13-4-6-18(15,16)7-5-13/h8H,2-7H2,1H3. The van der Waals surface area contributed by atoms with Gasteiger partial charge in [-0.05, 0) is 12.8 Å². The fourth-order valence-electron chi connectivity index (χ4n) is 1.82. The molecule has 1 amide bonds. The highest BCUT2D eigenvalue weighted by Gasteiger charge is 2.26. The second kappa shape index (κ2) is 5.36. The minimum Gasteiger partial charge on any atom is -0.335 e. The average molecular weight is 288 g/mol. The van der Waals surface area contributed by atoms with E-state index in [0.29, 0.717) is 5.69 Å². The molecule has 0 N–H and O–H groups in total. The summed E-state index contributed by atoms with van der Waals surface area (Å²) >= 11 is 1.49. The highest BCUT2D eigenvalue weighted by Crippen LogP contribution is 2.15. The molecule has 7 heteroatoms. The first-order valence-electron chi connectivity index (χ1n) is 5.96. The largest absolute Gasteiger partial charge is 0.335 e. The fourth-order valence-corrected chi connectivity index (χ4v) is 3.89. The van der Waals surface area contributed by atoms with Gasteiger partial charge in [0, 0.05) is 18.5 Å². The predicted molar refractivity (Wildman–Crippen MR) is 70.7 cm³/mol. The Morgan fingerprint density at radius 2 is 2.11 bits per heavy atom. The number of aryl methyl sites for hydroxylation is 1. The quantitative estimate of drug-likeness (QED) is 0.831. The summed E-state index contributed by atoms with van der Waals surface area (Å²) in [5, 5.41) is 2.72. The van der Waals surface area contributed by atoms with E-state index in [1.165, 1.54) is 11.3 Å². The SMILES string of the molecule is CCCc1nc(C(=O)N2CCS(=O)(=O)CC2)cs1. The van der Waals surface area contributed by atoms with Gasteiger partial charge in [0.05, 0.1) is 16.5 Å². The Hall–Kier alpha value is -0.950. The number of hydrogen-bond acceptors (Lipinski definition) is 5. The van der Waals surface area contributed by atoms with E-state index < -0.39 is 9.84 Å². The predicted octanol–water partition coefficient (Wildman–Crippen LogP) is 0.966. The molecule has 1 fully saturated rings. The van der Waals surface area contributed by atoms with Crippen LogP contribution in [-0.4, -0.2) is 48.8 Å². The molecule has 5 nitrogen and oxygen atoms in total. The summed E-state index contributed by atoms with van der Waals surface area (Å²) in [6.07, 6.45) is 1.88. The molecule has 2 heterocycles. The smallest absolute Gasteiger partial charge is 0.273 e. The Labute approximate surface area is 111 Å². The highest BCUT2D eigenvalue weighted by atomic mass is 32.2. The molecule has 0 aromatic carbocycles. The van der Waals surface area contributed by atoms with Crippen LogP contribution in [0.4, 0.5) is 0 Å². The molecule has 0 radical (unpaired) electrons. The molecule has 1 aliphatic heterocycles. The summed E-state index contributed by atoms with van der Waals surface area (Å²) < 4.78 is 22.6. The summed E-state index contributed by atoms with van der Waals surface area (Å²) in [6.45, 7) is 2.63. The van der Waals surface area contributed by atoms with Crippen LogP contribution in [0.1, 0.15) is 28.8 Å². The van der Waals surface area contributed by atoms with Crippen molar-refractivity contribution in [2.24, 2.45) is 0 Å². The first-order chi connectivity index (χ1) is 8.52. The van der Waals surface area contributed by atoms with Crippen molar-refractivity contribution in [3.8, 4) is 0 Å². The first kappa shape index (κ1) is 13.5. The van der Waals surface area contributed by atoms with Crippen molar-refractivity contribution in [1.29, 1.82) is 0 Å². The number of carbonyl (C=O) groups is 1. The molecule has 1 aliphatic rings. The molecule has 1 saturated heterocycles. The zero-order valence-electron chi connectivity index (χ0n) is 10.3. The Morgan fingerprint density at radius 3 is 2.72 bits per heavy atom. The van der Waals surface area contributed by atoms with E-state index >= 15 is 0 Å². The van der Waals surface area contributed by atoms with Gasteiger partial charge in [-0.25, -0.2) is 13.4 Å². The van der Waals surface area contributed by atoms with Crippen molar-refractivity contribution in [2.45, 2.75) is 19.8 Å². The molecule has 0 spiro atoms. The van der Waals surface area contributed by atoms with Crippen LogP contribution in [-0.2, 0) is 16.3 Å². The zero-order chi connectivity index (χ0) is 13.2. The van der Waals surface area contributed by atoms with E-state index in [0.717, 1.165) is 17.8 Å². The number of thiazole rings is 1. The average Bonchev–Trinajstić information content (AvgIpc) is 2.77. The number of rotatable bonds is 3. The van der Waals surface area contributed by atoms with Crippen molar-refractivity contribution >= 4 is 27.1 Å². The van der Waals surface area contributed by atoms with Gasteiger partial charge in [0.15, 0.2) is 9.84 Å². The minimum absolute atomic E-state index is 0.0602. The van der Waals surface area contributed by atoms with Crippen molar-refractivity contribution in [3.63, 3.8) is 0 Å². The molecule has 1 aromatic rings. The maximum absolute atomic E-state index is 12.1. The summed E-state index contributed by atoms with van der Waals surface area (Å²) in [5.74, 6) is -0.0291. The lowest BCUT2D eigenvalue weighted by Gasteiger charge is -2.25. The van der Waals surface area contributed by atoms with Gasteiger partial charge in [-0.2, -0.15) is 0 Å². The summed E-state index contributed by atoms with van der Waals surface area (Å²) in [5.41, 5.74) is 0.447. The molecule has 0 bridgehead atoms. The molecular formula is C11H16N2O3S2. The Morgan fingerprint density at radius 1 is 1.44 bits per heavy atom. The van der Waals surface area contributed by atoms with Gasteiger partial charge >= 0.3 is 0 Å². The maximum atomic E-state index is 12.1. The van der Waals surface area contributed by atoms with Gasteiger partial charge in [0.25, 0.3) is 5.91 Å². The van der Waals surface area contributed by atoms with Crippen molar-refractivity contribution in [3.05, 3.63) is 16.1 Å². The number of hydrogen-bond donors (Lipinski definition) is 0. The highest BCUT2D eigenvalue weighted by molar-refractivity contribution is 7.91. The van der Waals surface area contributed by atoms with Crippen molar-refractivity contribution in [1.82, 2.24) is 9.88 Å². The molecule has 0 atom stereocenters. The summed E-state index contributed by atoms with van der Waals surface area (Å²) in [7, 11) is -2.95. The number of nitrogens with zero attached hydrogens (tertiary/aromatic N) is 2. The van der Waals surface area contributed by atoms with Crippen LogP contribution in [0.2, 0.25) is 0 Å². The van der Waals surface area contributed by atoms with Crippen LogP contribution in [0.5, 0.6) is 0 Å². The van der Waals surface area contributed by atoms with Gasteiger partial charge in [-0.3, -0.25) is 4.79 Å². The van der Waals surface area contributed by atoms with E-state index in [1.54, 1.807) is 10.3 Å². The Balaban J connectivity index is 2.03. The number of carbonyl (C=O) groups excluding carboxylic acids is 1. The molecule has 0 aliphatic carbocycles. The van der Waals surface area contributed by atoms with Gasteiger partial charge < -0.3 is 4.90 Å². The molecule has 2 rings (SSSR count). The van der Waals surface area contributed by atoms with Crippen LogP contribution in [0.3, 0.4) is 0 Å². The van der Waals surface area contributed by atoms with Crippen LogP contribution >= 0.6 is 11.3 Å². The van der Waals surface area contributed by atoms with Gasteiger partial charge in [0.2, 0.25) is 0 Å². The summed E-state index contributed by atoms with van der Waals surface area (Å²) in [4.78, 5) is 18.0. The van der Waals surface area contributed by atoms with Crippen LogP contribution in [0.25, 0.3) is 0 Å². The Bertz CT molecular complexity index is 522. The van der Waals surface area contributed by atoms with Gasteiger partial charge in [-0.15, -0.1) is 11.3 Å².